The zero-order valence-electron chi connectivity index (χ0n) is 10.5. The maximum absolute atomic E-state index is 11.5. The number of carboxylic acids is 1. The predicted molar refractivity (Wildman–Crippen MR) is 66.3 cm³/mol. The molecule has 1 aromatic carbocycles. The van der Waals surface area contributed by atoms with Crippen molar-refractivity contribution in [2.45, 2.75) is 19.4 Å². The van der Waals surface area contributed by atoms with Crippen LogP contribution in [0.3, 0.4) is 0 Å². The van der Waals surface area contributed by atoms with Crippen LogP contribution in [0, 0.1) is 0 Å². The van der Waals surface area contributed by atoms with E-state index >= 15 is 0 Å². The molecule has 19 heavy (non-hydrogen) atoms. The van der Waals surface area contributed by atoms with E-state index in [-0.39, 0.29) is 6.42 Å². The van der Waals surface area contributed by atoms with E-state index in [0.717, 1.165) is 5.56 Å². The maximum atomic E-state index is 11.5. The Morgan fingerprint density at radius 2 is 1.89 bits per heavy atom. The number of carbonyl (C=O) groups is 3. The van der Waals surface area contributed by atoms with Crippen LogP contribution >= 0.6 is 0 Å². The van der Waals surface area contributed by atoms with Crippen LogP contribution in [0.1, 0.15) is 12.5 Å². The molecule has 6 nitrogen and oxygen atoms in total. The third kappa shape index (κ3) is 5.67. The van der Waals surface area contributed by atoms with Gasteiger partial charge in [0, 0.05) is 0 Å². The van der Waals surface area contributed by atoms with Crippen LogP contribution in [0.2, 0.25) is 0 Å². The highest BCUT2D eigenvalue weighted by Crippen LogP contribution is 2.02. The number of benzene rings is 1. The van der Waals surface area contributed by atoms with Crippen LogP contribution in [0.5, 0.6) is 0 Å². The van der Waals surface area contributed by atoms with Gasteiger partial charge in [-0.05, 0) is 12.5 Å². The van der Waals surface area contributed by atoms with Crippen molar-refractivity contribution < 1.29 is 24.2 Å². The van der Waals surface area contributed by atoms with Crippen LogP contribution in [-0.2, 0) is 25.5 Å². The Labute approximate surface area is 110 Å². The number of nitrogens with one attached hydrogen (secondary N) is 1. The molecule has 0 aliphatic carbocycles. The monoisotopic (exact) mass is 265 g/mol. The summed E-state index contributed by atoms with van der Waals surface area (Å²) >= 11 is 0. The van der Waals surface area contributed by atoms with Gasteiger partial charge in [-0.15, -0.1) is 0 Å². The fourth-order valence-corrected chi connectivity index (χ4v) is 1.36. The van der Waals surface area contributed by atoms with Crippen molar-refractivity contribution in [3.63, 3.8) is 0 Å². The van der Waals surface area contributed by atoms with Gasteiger partial charge in [0.15, 0.2) is 6.10 Å². The molecule has 0 aliphatic rings. The van der Waals surface area contributed by atoms with Crippen LogP contribution < -0.4 is 5.32 Å². The molecule has 1 rings (SSSR count). The van der Waals surface area contributed by atoms with Gasteiger partial charge < -0.3 is 15.2 Å². The fraction of sp³-hybridized carbons (Fsp3) is 0.308. The molecular formula is C13H15NO5. The third-order valence-electron chi connectivity index (χ3n) is 2.28. The summed E-state index contributed by atoms with van der Waals surface area (Å²) in [6, 6.07) is 8.97. The summed E-state index contributed by atoms with van der Waals surface area (Å²) in [5.74, 6) is -2.33. The molecule has 0 bridgehead atoms. The molecular weight excluding hydrogens is 250 g/mol. The minimum Gasteiger partial charge on any atom is -0.480 e. The van der Waals surface area contributed by atoms with E-state index in [2.05, 4.69) is 5.32 Å². The Kier molecular flexibility index (Phi) is 5.53. The van der Waals surface area contributed by atoms with Gasteiger partial charge in [-0.1, -0.05) is 30.3 Å². The summed E-state index contributed by atoms with van der Waals surface area (Å²) in [6.07, 6.45) is -0.951. The first-order valence-corrected chi connectivity index (χ1v) is 5.72. The van der Waals surface area contributed by atoms with Gasteiger partial charge in [-0.3, -0.25) is 14.4 Å². The maximum Gasteiger partial charge on any atom is 0.322 e. The Bertz CT molecular complexity index is 457. The smallest absolute Gasteiger partial charge is 0.322 e. The molecule has 102 valence electrons. The molecule has 0 aliphatic heterocycles. The summed E-state index contributed by atoms with van der Waals surface area (Å²) in [6.45, 7) is 0.888. The standard InChI is InChI=1S/C13H15NO5/c1-9(13(18)14-8-11(15)16)19-12(17)7-10-5-3-2-4-6-10/h2-6,9H,7-8H2,1H3,(H,14,18)(H,15,16). The summed E-state index contributed by atoms with van der Waals surface area (Å²) in [5, 5.41) is 10.5. The van der Waals surface area contributed by atoms with E-state index in [1.807, 2.05) is 6.07 Å². The summed E-state index contributed by atoms with van der Waals surface area (Å²) in [4.78, 5) is 33.2. The predicted octanol–water partition coefficient (Wildman–Crippen LogP) is 0.362. The SMILES string of the molecule is CC(OC(=O)Cc1ccccc1)C(=O)NCC(=O)O. The Balaban J connectivity index is 2.39. The lowest BCUT2D eigenvalue weighted by Crippen LogP contribution is -2.38. The van der Waals surface area contributed by atoms with E-state index in [9.17, 15) is 14.4 Å². The normalized spacial score (nSPS) is 11.4. The van der Waals surface area contributed by atoms with Gasteiger partial charge in [0.05, 0.1) is 6.42 Å². The molecule has 0 saturated heterocycles. The molecule has 0 aromatic heterocycles. The van der Waals surface area contributed by atoms with Gasteiger partial charge in [0.1, 0.15) is 6.54 Å². The number of hydrogen-bond donors (Lipinski definition) is 2. The molecule has 0 spiro atoms. The minimum absolute atomic E-state index is 0.0669. The first-order valence-electron chi connectivity index (χ1n) is 5.72. The lowest BCUT2D eigenvalue weighted by atomic mass is 10.1. The van der Waals surface area contributed by atoms with E-state index in [0.29, 0.717) is 0 Å². The molecule has 1 amide bonds. The van der Waals surface area contributed by atoms with Crippen LogP contribution in [0.15, 0.2) is 30.3 Å². The van der Waals surface area contributed by atoms with Gasteiger partial charge in [0.25, 0.3) is 5.91 Å². The second kappa shape index (κ2) is 7.15. The molecule has 0 radical (unpaired) electrons. The van der Waals surface area contributed by atoms with Gasteiger partial charge in [-0.25, -0.2) is 0 Å². The highest BCUT2D eigenvalue weighted by Gasteiger charge is 2.18. The first kappa shape index (κ1) is 14.7. The Hall–Kier alpha value is -2.37. The average Bonchev–Trinajstić information content (AvgIpc) is 2.36. The second-order valence-electron chi connectivity index (χ2n) is 3.91. The van der Waals surface area contributed by atoms with Gasteiger partial charge in [-0.2, -0.15) is 0 Å². The summed E-state index contributed by atoms with van der Waals surface area (Å²) in [7, 11) is 0. The van der Waals surface area contributed by atoms with Crippen molar-refractivity contribution in [1.29, 1.82) is 0 Å². The number of rotatable bonds is 6. The van der Waals surface area contributed by atoms with Gasteiger partial charge >= 0.3 is 11.9 Å². The van der Waals surface area contributed by atoms with Crippen molar-refractivity contribution in [1.82, 2.24) is 5.32 Å². The Morgan fingerprint density at radius 3 is 2.47 bits per heavy atom. The molecule has 0 fully saturated rings. The third-order valence-corrected chi connectivity index (χ3v) is 2.28. The number of esters is 1. The average molecular weight is 265 g/mol. The van der Waals surface area contributed by atoms with E-state index < -0.39 is 30.5 Å². The molecule has 1 aromatic rings. The number of ether oxygens (including phenoxy) is 1. The lowest BCUT2D eigenvalue weighted by Gasteiger charge is -2.12. The van der Waals surface area contributed by atoms with Crippen LogP contribution in [0.4, 0.5) is 0 Å². The zero-order chi connectivity index (χ0) is 14.3. The molecule has 6 heteroatoms. The van der Waals surface area contributed by atoms with E-state index in [4.69, 9.17) is 9.84 Å². The number of carboxylic acid groups (broad SMARTS) is 1. The quantitative estimate of drug-likeness (QED) is 0.724. The lowest BCUT2D eigenvalue weighted by molar-refractivity contribution is -0.154. The summed E-state index contributed by atoms with van der Waals surface area (Å²) in [5.41, 5.74) is 0.783. The molecule has 2 N–H and O–H groups in total. The fourth-order valence-electron chi connectivity index (χ4n) is 1.36. The van der Waals surface area contributed by atoms with E-state index in [1.54, 1.807) is 24.3 Å². The number of hydrogen-bond acceptors (Lipinski definition) is 4. The van der Waals surface area contributed by atoms with Crippen molar-refractivity contribution in [3.8, 4) is 0 Å². The van der Waals surface area contributed by atoms with Crippen molar-refractivity contribution >= 4 is 17.8 Å². The molecule has 0 saturated carbocycles. The number of carbonyl (C=O) groups excluding carboxylic acids is 2. The van der Waals surface area contributed by atoms with Crippen molar-refractivity contribution in [2.24, 2.45) is 0 Å². The highest BCUT2D eigenvalue weighted by atomic mass is 16.5. The molecule has 0 heterocycles. The summed E-state index contributed by atoms with van der Waals surface area (Å²) < 4.78 is 4.90. The largest absolute Gasteiger partial charge is 0.480 e. The number of amides is 1. The van der Waals surface area contributed by atoms with Crippen LogP contribution in [0.25, 0.3) is 0 Å². The zero-order valence-corrected chi connectivity index (χ0v) is 10.5. The Morgan fingerprint density at radius 1 is 1.26 bits per heavy atom. The second-order valence-corrected chi connectivity index (χ2v) is 3.91. The first-order chi connectivity index (χ1) is 8.99. The van der Waals surface area contributed by atoms with Crippen molar-refractivity contribution in [3.05, 3.63) is 35.9 Å². The van der Waals surface area contributed by atoms with Crippen LogP contribution in [-0.4, -0.2) is 35.6 Å². The molecule has 1 unspecified atom stereocenters. The molecule has 1 atom stereocenters. The topological polar surface area (TPSA) is 92.7 Å². The number of aliphatic carboxylic acids is 1. The highest BCUT2D eigenvalue weighted by molar-refractivity contribution is 5.86. The minimum atomic E-state index is -1.16. The van der Waals surface area contributed by atoms with Crippen molar-refractivity contribution in [2.75, 3.05) is 6.54 Å². The van der Waals surface area contributed by atoms with Gasteiger partial charge in [0.2, 0.25) is 0 Å². The van der Waals surface area contributed by atoms with E-state index in [1.165, 1.54) is 6.92 Å².